The summed E-state index contributed by atoms with van der Waals surface area (Å²) in [7, 11) is 2.02. The van der Waals surface area contributed by atoms with Crippen molar-refractivity contribution in [1.29, 1.82) is 0 Å². The van der Waals surface area contributed by atoms with E-state index in [-0.39, 0.29) is 5.92 Å². The van der Waals surface area contributed by atoms with Crippen molar-refractivity contribution >= 4 is 16.9 Å². The molecule has 1 aliphatic carbocycles. The molecular formula is C16H16N2O2. The number of rotatable bonds is 1. The summed E-state index contributed by atoms with van der Waals surface area (Å²) in [5.74, 6) is -0.630. The third kappa shape index (κ3) is 1.48. The molecule has 4 nitrogen and oxygen atoms in total. The van der Waals surface area contributed by atoms with Crippen LogP contribution >= 0.6 is 0 Å². The molecule has 102 valence electrons. The van der Waals surface area contributed by atoms with Crippen LogP contribution in [0.3, 0.4) is 0 Å². The molecule has 20 heavy (non-hydrogen) atoms. The smallest absolute Gasteiger partial charge is 0.332 e. The third-order valence-electron chi connectivity index (χ3n) is 4.66. The topological polar surface area (TPSA) is 56.3 Å². The van der Waals surface area contributed by atoms with Gasteiger partial charge in [0.1, 0.15) is 0 Å². The normalized spacial score (nSPS) is 25.4. The highest BCUT2D eigenvalue weighted by atomic mass is 16.4. The van der Waals surface area contributed by atoms with Gasteiger partial charge >= 0.3 is 5.97 Å². The van der Waals surface area contributed by atoms with Gasteiger partial charge in [0, 0.05) is 41.2 Å². The van der Waals surface area contributed by atoms with E-state index in [0.29, 0.717) is 18.2 Å². The SMILES string of the molecule is CN1CC(C(=O)O)=CC2c3cccc4[nH]cc(c34)CC21. The van der Waals surface area contributed by atoms with Gasteiger partial charge in [-0.1, -0.05) is 18.2 Å². The van der Waals surface area contributed by atoms with Crippen molar-refractivity contribution in [2.45, 2.75) is 18.4 Å². The Morgan fingerprint density at radius 1 is 1.45 bits per heavy atom. The van der Waals surface area contributed by atoms with Crippen LogP contribution in [0, 0.1) is 0 Å². The van der Waals surface area contributed by atoms with Crippen LogP contribution in [-0.4, -0.2) is 40.6 Å². The Morgan fingerprint density at radius 2 is 2.30 bits per heavy atom. The molecule has 4 heteroatoms. The second-order valence-corrected chi connectivity index (χ2v) is 5.79. The predicted octanol–water partition coefficient (Wildman–Crippen LogP) is 2.13. The summed E-state index contributed by atoms with van der Waals surface area (Å²) in [6.07, 6.45) is 5.02. The van der Waals surface area contributed by atoms with Gasteiger partial charge in [-0.05, 0) is 30.7 Å². The standard InChI is InChI=1S/C16H16N2O2/c1-18-8-10(16(19)20)5-12-11-3-2-4-13-15(11)9(7-17-13)6-14(12)18/h2-5,7,12,14,17H,6,8H2,1H3,(H,19,20). The molecule has 1 aromatic carbocycles. The van der Waals surface area contributed by atoms with E-state index in [0.717, 1.165) is 11.9 Å². The number of carboxylic acid groups (broad SMARTS) is 1. The van der Waals surface area contributed by atoms with Crippen LogP contribution in [0.2, 0.25) is 0 Å². The number of nitrogens with one attached hydrogen (secondary N) is 1. The Bertz CT molecular complexity index is 744. The van der Waals surface area contributed by atoms with E-state index in [1.165, 1.54) is 16.5 Å². The number of fused-ring (bicyclic) bond motifs is 2. The van der Waals surface area contributed by atoms with Gasteiger partial charge in [0.05, 0.1) is 0 Å². The molecule has 0 radical (unpaired) electrons. The van der Waals surface area contributed by atoms with Gasteiger partial charge in [-0.25, -0.2) is 4.79 Å². The number of aromatic nitrogens is 1. The van der Waals surface area contributed by atoms with E-state index in [2.05, 4.69) is 28.2 Å². The van der Waals surface area contributed by atoms with Gasteiger partial charge in [-0.15, -0.1) is 0 Å². The summed E-state index contributed by atoms with van der Waals surface area (Å²) >= 11 is 0. The van der Waals surface area contributed by atoms with Crippen molar-refractivity contribution < 1.29 is 9.90 Å². The lowest BCUT2D eigenvalue weighted by Gasteiger charge is -2.40. The average Bonchev–Trinajstić information content (AvgIpc) is 2.84. The number of benzene rings is 1. The Hall–Kier alpha value is -2.07. The molecule has 0 fully saturated rings. The first-order chi connectivity index (χ1) is 9.65. The second kappa shape index (κ2) is 3.96. The summed E-state index contributed by atoms with van der Waals surface area (Å²) in [6.45, 7) is 0.520. The first kappa shape index (κ1) is 11.7. The quantitative estimate of drug-likeness (QED) is 0.833. The molecule has 1 aromatic heterocycles. The van der Waals surface area contributed by atoms with Crippen molar-refractivity contribution in [2.75, 3.05) is 13.6 Å². The Morgan fingerprint density at radius 3 is 3.10 bits per heavy atom. The monoisotopic (exact) mass is 268 g/mol. The van der Waals surface area contributed by atoms with Crippen LogP contribution in [0.5, 0.6) is 0 Å². The Labute approximate surface area is 116 Å². The summed E-state index contributed by atoms with van der Waals surface area (Å²) < 4.78 is 0. The van der Waals surface area contributed by atoms with Crippen LogP contribution in [0.15, 0.2) is 36.0 Å². The second-order valence-electron chi connectivity index (χ2n) is 5.79. The maximum atomic E-state index is 11.3. The van der Waals surface area contributed by atoms with E-state index in [9.17, 15) is 9.90 Å². The van der Waals surface area contributed by atoms with Gasteiger partial charge in [-0.2, -0.15) is 0 Å². The predicted molar refractivity (Wildman–Crippen MR) is 76.9 cm³/mol. The van der Waals surface area contributed by atoms with E-state index in [4.69, 9.17) is 0 Å². The first-order valence-corrected chi connectivity index (χ1v) is 6.88. The zero-order valence-corrected chi connectivity index (χ0v) is 11.3. The van der Waals surface area contributed by atoms with Gasteiger partial charge < -0.3 is 10.1 Å². The maximum absolute atomic E-state index is 11.3. The Kier molecular flexibility index (Phi) is 2.32. The lowest BCUT2D eigenvalue weighted by Crippen LogP contribution is -2.44. The molecule has 1 aliphatic heterocycles. The average molecular weight is 268 g/mol. The van der Waals surface area contributed by atoms with Crippen LogP contribution in [-0.2, 0) is 11.2 Å². The van der Waals surface area contributed by atoms with E-state index in [1.807, 2.05) is 19.2 Å². The minimum atomic E-state index is -0.803. The minimum absolute atomic E-state index is 0.173. The molecule has 0 bridgehead atoms. The summed E-state index contributed by atoms with van der Waals surface area (Å²) in [5, 5.41) is 10.6. The molecule has 0 saturated carbocycles. The van der Waals surface area contributed by atoms with Crippen LogP contribution in [0.1, 0.15) is 17.0 Å². The van der Waals surface area contributed by atoms with Crippen LogP contribution in [0.4, 0.5) is 0 Å². The molecule has 4 rings (SSSR count). The summed E-state index contributed by atoms with van der Waals surface area (Å²) in [5.41, 5.74) is 4.25. The molecule has 0 spiro atoms. The lowest BCUT2D eigenvalue weighted by molar-refractivity contribution is -0.133. The highest BCUT2D eigenvalue weighted by Crippen LogP contribution is 2.41. The molecule has 0 amide bonds. The van der Waals surface area contributed by atoms with Crippen molar-refractivity contribution in [3.8, 4) is 0 Å². The zero-order chi connectivity index (χ0) is 13.9. The fourth-order valence-corrected chi connectivity index (χ4v) is 3.71. The van der Waals surface area contributed by atoms with Gasteiger partial charge in [0.25, 0.3) is 0 Å². The third-order valence-corrected chi connectivity index (χ3v) is 4.66. The fourth-order valence-electron chi connectivity index (χ4n) is 3.71. The van der Waals surface area contributed by atoms with Gasteiger partial charge in [-0.3, -0.25) is 4.90 Å². The molecule has 2 unspecified atom stereocenters. The number of hydrogen-bond donors (Lipinski definition) is 2. The number of hydrogen-bond acceptors (Lipinski definition) is 2. The molecule has 2 aromatic rings. The van der Waals surface area contributed by atoms with Crippen LogP contribution < -0.4 is 0 Å². The van der Waals surface area contributed by atoms with E-state index < -0.39 is 5.97 Å². The van der Waals surface area contributed by atoms with Crippen molar-refractivity contribution in [2.24, 2.45) is 0 Å². The van der Waals surface area contributed by atoms with E-state index >= 15 is 0 Å². The first-order valence-electron chi connectivity index (χ1n) is 6.88. The fraction of sp³-hybridized carbons (Fsp3) is 0.312. The molecule has 2 aliphatic rings. The number of H-pyrrole nitrogens is 1. The highest BCUT2D eigenvalue weighted by Gasteiger charge is 2.36. The van der Waals surface area contributed by atoms with Gasteiger partial charge in [0.2, 0.25) is 0 Å². The number of nitrogens with zero attached hydrogens (tertiary/aromatic N) is 1. The molecule has 2 heterocycles. The summed E-state index contributed by atoms with van der Waals surface area (Å²) in [4.78, 5) is 16.8. The molecule has 0 saturated heterocycles. The van der Waals surface area contributed by atoms with E-state index in [1.54, 1.807) is 0 Å². The van der Waals surface area contributed by atoms with Crippen molar-refractivity contribution in [3.05, 3.63) is 47.2 Å². The molecule has 2 atom stereocenters. The number of likely N-dealkylation sites (N-methyl/N-ethyl adjacent to an activating group) is 1. The van der Waals surface area contributed by atoms with Crippen molar-refractivity contribution in [3.63, 3.8) is 0 Å². The number of carboxylic acids is 1. The van der Waals surface area contributed by atoms with Crippen LogP contribution in [0.25, 0.3) is 10.9 Å². The maximum Gasteiger partial charge on any atom is 0.332 e. The van der Waals surface area contributed by atoms with Gasteiger partial charge in [0.15, 0.2) is 0 Å². The minimum Gasteiger partial charge on any atom is -0.478 e. The highest BCUT2D eigenvalue weighted by molar-refractivity contribution is 5.91. The molecule has 2 N–H and O–H groups in total. The van der Waals surface area contributed by atoms with Crippen molar-refractivity contribution in [1.82, 2.24) is 9.88 Å². The Balaban J connectivity index is 1.94. The summed E-state index contributed by atoms with van der Waals surface area (Å²) in [6, 6.07) is 6.61. The number of aliphatic carboxylic acids is 1. The largest absolute Gasteiger partial charge is 0.478 e. The number of carbonyl (C=O) groups is 1. The lowest BCUT2D eigenvalue weighted by atomic mass is 9.76. The zero-order valence-electron chi connectivity index (χ0n) is 11.3. The number of aromatic amines is 1. The molecular weight excluding hydrogens is 252 g/mol.